The third kappa shape index (κ3) is 2.69. The SMILES string of the molecule is CC(C)(C)C(=O)/C(C#N)=C/C1CC1. The molecule has 0 aliphatic heterocycles. The van der Waals surface area contributed by atoms with E-state index in [-0.39, 0.29) is 5.78 Å². The lowest BCUT2D eigenvalue weighted by molar-refractivity contribution is -0.122. The molecule has 2 nitrogen and oxygen atoms in total. The summed E-state index contributed by atoms with van der Waals surface area (Å²) < 4.78 is 0. The van der Waals surface area contributed by atoms with Gasteiger partial charge in [0.2, 0.25) is 0 Å². The van der Waals surface area contributed by atoms with E-state index in [2.05, 4.69) is 0 Å². The van der Waals surface area contributed by atoms with E-state index in [0.717, 1.165) is 12.8 Å². The molecule has 0 heterocycles. The minimum Gasteiger partial charge on any atom is -0.293 e. The number of Topliss-reactive ketones (excluding diaryl/α,β-unsaturated/α-hetero) is 1. The fourth-order valence-electron chi connectivity index (χ4n) is 1.07. The summed E-state index contributed by atoms with van der Waals surface area (Å²) in [6.07, 6.45) is 4.08. The lowest BCUT2D eigenvalue weighted by atomic mass is 9.86. The third-order valence-electron chi connectivity index (χ3n) is 2.07. The van der Waals surface area contributed by atoms with Crippen molar-refractivity contribution in [3.63, 3.8) is 0 Å². The van der Waals surface area contributed by atoms with Gasteiger partial charge < -0.3 is 0 Å². The summed E-state index contributed by atoms with van der Waals surface area (Å²) in [6.45, 7) is 5.52. The van der Waals surface area contributed by atoms with Crippen molar-refractivity contribution in [2.75, 3.05) is 0 Å². The van der Waals surface area contributed by atoms with E-state index in [0.29, 0.717) is 11.5 Å². The Bertz CT molecular complexity index is 284. The molecule has 1 aliphatic carbocycles. The normalized spacial score (nSPS) is 18.2. The number of hydrogen-bond acceptors (Lipinski definition) is 2. The first-order chi connectivity index (χ1) is 5.95. The van der Waals surface area contributed by atoms with Crippen LogP contribution in [0.25, 0.3) is 0 Å². The highest BCUT2D eigenvalue weighted by Crippen LogP contribution is 2.32. The van der Waals surface area contributed by atoms with Crippen LogP contribution in [0.4, 0.5) is 0 Å². The highest BCUT2D eigenvalue weighted by atomic mass is 16.1. The number of carbonyl (C=O) groups is 1. The average Bonchev–Trinajstić information content (AvgIpc) is 2.80. The number of hydrogen-bond donors (Lipinski definition) is 0. The molecular formula is C11H15NO. The lowest BCUT2D eigenvalue weighted by Crippen LogP contribution is -2.21. The Morgan fingerprint density at radius 1 is 1.46 bits per heavy atom. The lowest BCUT2D eigenvalue weighted by Gasteiger charge is -2.15. The van der Waals surface area contributed by atoms with Gasteiger partial charge in [-0.05, 0) is 18.8 Å². The van der Waals surface area contributed by atoms with E-state index in [1.54, 1.807) is 0 Å². The van der Waals surface area contributed by atoms with Crippen LogP contribution in [0.5, 0.6) is 0 Å². The van der Waals surface area contributed by atoms with Crippen molar-refractivity contribution in [1.82, 2.24) is 0 Å². The Morgan fingerprint density at radius 3 is 2.31 bits per heavy atom. The fourth-order valence-corrected chi connectivity index (χ4v) is 1.07. The van der Waals surface area contributed by atoms with Crippen molar-refractivity contribution in [3.8, 4) is 6.07 Å². The van der Waals surface area contributed by atoms with E-state index in [1.165, 1.54) is 0 Å². The van der Waals surface area contributed by atoms with Gasteiger partial charge in [0, 0.05) is 5.41 Å². The molecule has 0 aromatic rings. The number of allylic oxidation sites excluding steroid dienone is 2. The molecule has 13 heavy (non-hydrogen) atoms. The van der Waals surface area contributed by atoms with Gasteiger partial charge in [-0.15, -0.1) is 0 Å². The first-order valence-electron chi connectivity index (χ1n) is 4.62. The molecule has 0 bridgehead atoms. The first-order valence-corrected chi connectivity index (χ1v) is 4.62. The molecule has 0 spiro atoms. The summed E-state index contributed by atoms with van der Waals surface area (Å²) in [5, 5.41) is 8.80. The van der Waals surface area contributed by atoms with E-state index >= 15 is 0 Å². The van der Waals surface area contributed by atoms with Crippen LogP contribution in [-0.2, 0) is 4.79 Å². The van der Waals surface area contributed by atoms with Crippen LogP contribution in [0.1, 0.15) is 33.6 Å². The van der Waals surface area contributed by atoms with Crippen molar-refractivity contribution in [1.29, 1.82) is 5.26 Å². The number of nitriles is 1. The van der Waals surface area contributed by atoms with Crippen LogP contribution in [0, 0.1) is 22.7 Å². The molecule has 0 aromatic heterocycles. The Hall–Kier alpha value is -1.10. The molecule has 1 fully saturated rings. The topological polar surface area (TPSA) is 40.9 Å². The molecule has 0 saturated heterocycles. The van der Waals surface area contributed by atoms with Crippen molar-refractivity contribution >= 4 is 5.78 Å². The van der Waals surface area contributed by atoms with Crippen LogP contribution >= 0.6 is 0 Å². The molecule has 0 radical (unpaired) electrons. The van der Waals surface area contributed by atoms with E-state index in [9.17, 15) is 4.79 Å². The Labute approximate surface area is 79.2 Å². The van der Waals surface area contributed by atoms with Gasteiger partial charge in [0.25, 0.3) is 0 Å². The first kappa shape index (κ1) is 9.98. The monoisotopic (exact) mass is 177 g/mol. The predicted molar refractivity (Wildman–Crippen MR) is 50.9 cm³/mol. The number of carbonyl (C=O) groups excluding carboxylic acids is 1. The van der Waals surface area contributed by atoms with Gasteiger partial charge >= 0.3 is 0 Å². The predicted octanol–water partition coefficient (Wildman–Crippen LogP) is 2.46. The van der Waals surface area contributed by atoms with Crippen molar-refractivity contribution in [2.24, 2.45) is 11.3 Å². The molecule has 1 saturated carbocycles. The summed E-state index contributed by atoms with van der Waals surface area (Å²) in [5.41, 5.74) is -0.0915. The van der Waals surface area contributed by atoms with E-state index in [4.69, 9.17) is 5.26 Å². The van der Waals surface area contributed by atoms with Crippen LogP contribution in [-0.4, -0.2) is 5.78 Å². The standard InChI is InChI=1S/C11H15NO/c1-11(2,3)10(13)9(7-12)6-8-4-5-8/h6,8H,4-5H2,1-3H3/b9-6+. The molecule has 70 valence electrons. The van der Waals surface area contributed by atoms with Crippen molar-refractivity contribution in [3.05, 3.63) is 11.6 Å². The van der Waals surface area contributed by atoms with Crippen LogP contribution in [0.3, 0.4) is 0 Å². The van der Waals surface area contributed by atoms with Gasteiger partial charge in [0.1, 0.15) is 6.07 Å². The van der Waals surface area contributed by atoms with E-state index in [1.807, 2.05) is 32.9 Å². The molecule has 1 rings (SSSR count). The number of nitrogens with zero attached hydrogens (tertiary/aromatic N) is 1. The maximum absolute atomic E-state index is 11.7. The Balaban J connectivity index is 2.78. The van der Waals surface area contributed by atoms with Crippen molar-refractivity contribution < 1.29 is 4.79 Å². The minimum atomic E-state index is -0.434. The zero-order valence-corrected chi connectivity index (χ0v) is 8.42. The molecule has 1 aliphatic rings. The second kappa shape index (κ2) is 3.33. The van der Waals surface area contributed by atoms with Crippen LogP contribution in [0.2, 0.25) is 0 Å². The molecule has 2 heteroatoms. The van der Waals surface area contributed by atoms with Gasteiger partial charge in [0.15, 0.2) is 5.78 Å². The maximum atomic E-state index is 11.7. The van der Waals surface area contributed by atoms with Gasteiger partial charge in [0.05, 0.1) is 5.57 Å². The number of ketones is 1. The molecule has 0 atom stereocenters. The van der Waals surface area contributed by atoms with Crippen molar-refractivity contribution in [2.45, 2.75) is 33.6 Å². The molecule has 0 amide bonds. The van der Waals surface area contributed by atoms with E-state index < -0.39 is 5.41 Å². The second-order valence-electron chi connectivity index (χ2n) is 4.61. The van der Waals surface area contributed by atoms with Gasteiger partial charge in [-0.3, -0.25) is 4.79 Å². The Morgan fingerprint density at radius 2 is 2.00 bits per heavy atom. The Kier molecular flexibility index (Phi) is 2.56. The minimum absolute atomic E-state index is 0.0399. The summed E-state index contributed by atoms with van der Waals surface area (Å²) in [5.74, 6) is 0.447. The molecule has 0 aromatic carbocycles. The zero-order chi connectivity index (χ0) is 10.1. The van der Waals surface area contributed by atoms with Crippen LogP contribution in [0.15, 0.2) is 11.6 Å². The van der Waals surface area contributed by atoms with Gasteiger partial charge in [-0.2, -0.15) is 5.26 Å². The third-order valence-corrected chi connectivity index (χ3v) is 2.07. The summed E-state index contributed by atoms with van der Waals surface area (Å²) in [6, 6.07) is 1.99. The highest BCUT2D eigenvalue weighted by Gasteiger charge is 2.27. The number of rotatable bonds is 2. The summed E-state index contributed by atoms with van der Waals surface area (Å²) in [7, 11) is 0. The largest absolute Gasteiger partial charge is 0.293 e. The smallest absolute Gasteiger partial charge is 0.178 e. The van der Waals surface area contributed by atoms with Gasteiger partial charge in [-0.1, -0.05) is 26.8 Å². The molecule has 0 N–H and O–H groups in total. The summed E-state index contributed by atoms with van der Waals surface area (Å²) in [4.78, 5) is 11.7. The molecular weight excluding hydrogens is 162 g/mol. The van der Waals surface area contributed by atoms with Crippen LogP contribution < -0.4 is 0 Å². The quantitative estimate of drug-likeness (QED) is 0.480. The second-order valence-corrected chi connectivity index (χ2v) is 4.61. The van der Waals surface area contributed by atoms with Gasteiger partial charge in [-0.25, -0.2) is 0 Å². The zero-order valence-electron chi connectivity index (χ0n) is 8.42. The summed E-state index contributed by atoms with van der Waals surface area (Å²) >= 11 is 0. The fraction of sp³-hybridized carbons (Fsp3) is 0.636. The average molecular weight is 177 g/mol. The highest BCUT2D eigenvalue weighted by molar-refractivity contribution is 6.02. The maximum Gasteiger partial charge on any atom is 0.178 e. The molecule has 0 unspecified atom stereocenters.